The van der Waals surface area contributed by atoms with Crippen LogP contribution in [0.2, 0.25) is 0 Å². The molecule has 1 aromatic heterocycles. The van der Waals surface area contributed by atoms with Crippen LogP contribution >= 0.6 is 0 Å². The first-order chi connectivity index (χ1) is 15.4. The summed E-state index contributed by atoms with van der Waals surface area (Å²) < 4.78 is 31.1. The van der Waals surface area contributed by atoms with Crippen LogP contribution < -0.4 is 25.7 Å². The summed E-state index contributed by atoms with van der Waals surface area (Å²) in [6.45, 7) is 6.77. The molecule has 1 amide bonds. The third-order valence-electron chi connectivity index (χ3n) is 5.62. The van der Waals surface area contributed by atoms with Gasteiger partial charge in [0.1, 0.15) is 5.75 Å². The lowest BCUT2D eigenvalue weighted by Gasteiger charge is -2.25. The number of hydrogen-bond donors (Lipinski definition) is 4. The monoisotopic (exact) mass is 476 g/mol. The SMILES string of the molecule is COc1cc(CNC(=O)C2C[C@H](NS(C)(=O)=O)CN2)c(-c2ccc[nH]c2=O)cc1C(C)(C)C. The summed E-state index contributed by atoms with van der Waals surface area (Å²) in [5.41, 5.74) is 2.48. The van der Waals surface area contributed by atoms with E-state index in [0.29, 0.717) is 24.3 Å². The Hall–Kier alpha value is -2.69. The minimum Gasteiger partial charge on any atom is -0.496 e. The highest BCUT2D eigenvalue weighted by Gasteiger charge is 2.31. The van der Waals surface area contributed by atoms with Gasteiger partial charge in [-0.3, -0.25) is 9.59 Å². The van der Waals surface area contributed by atoms with Gasteiger partial charge in [-0.25, -0.2) is 13.1 Å². The Morgan fingerprint density at radius 1 is 1.24 bits per heavy atom. The average molecular weight is 477 g/mol. The molecule has 0 aliphatic carbocycles. The number of nitrogens with one attached hydrogen (secondary N) is 4. The van der Waals surface area contributed by atoms with E-state index >= 15 is 0 Å². The van der Waals surface area contributed by atoms with E-state index in [2.05, 4.69) is 41.1 Å². The van der Waals surface area contributed by atoms with Gasteiger partial charge in [0.05, 0.1) is 19.4 Å². The van der Waals surface area contributed by atoms with Gasteiger partial charge in [-0.2, -0.15) is 0 Å². The molecule has 10 heteroatoms. The van der Waals surface area contributed by atoms with Crippen molar-refractivity contribution in [2.24, 2.45) is 0 Å². The lowest BCUT2D eigenvalue weighted by atomic mass is 9.83. The number of methoxy groups -OCH3 is 1. The third-order valence-corrected chi connectivity index (χ3v) is 6.38. The van der Waals surface area contributed by atoms with Gasteiger partial charge in [0.25, 0.3) is 5.56 Å². The molecular formula is C23H32N4O5S. The van der Waals surface area contributed by atoms with Crippen molar-refractivity contribution < 1.29 is 17.9 Å². The summed E-state index contributed by atoms with van der Waals surface area (Å²) >= 11 is 0. The second kappa shape index (κ2) is 9.66. The van der Waals surface area contributed by atoms with Gasteiger partial charge in [-0.05, 0) is 47.2 Å². The Labute approximate surface area is 194 Å². The summed E-state index contributed by atoms with van der Waals surface area (Å²) in [7, 11) is -1.75. The number of benzene rings is 1. The molecule has 1 saturated heterocycles. The molecule has 33 heavy (non-hydrogen) atoms. The lowest BCUT2D eigenvalue weighted by Crippen LogP contribution is -2.40. The fraction of sp³-hybridized carbons (Fsp3) is 0.478. The van der Waals surface area contributed by atoms with Crippen molar-refractivity contribution in [3.05, 3.63) is 51.9 Å². The van der Waals surface area contributed by atoms with Crippen molar-refractivity contribution >= 4 is 15.9 Å². The first-order valence-corrected chi connectivity index (χ1v) is 12.7. The molecule has 4 N–H and O–H groups in total. The maximum absolute atomic E-state index is 12.8. The van der Waals surface area contributed by atoms with E-state index in [9.17, 15) is 18.0 Å². The van der Waals surface area contributed by atoms with E-state index in [4.69, 9.17) is 4.74 Å². The molecular weight excluding hydrogens is 444 g/mol. The molecule has 1 aliphatic rings. The number of H-pyrrole nitrogens is 1. The van der Waals surface area contributed by atoms with E-state index in [0.717, 1.165) is 22.9 Å². The van der Waals surface area contributed by atoms with Crippen LogP contribution in [0.15, 0.2) is 35.3 Å². The summed E-state index contributed by atoms with van der Waals surface area (Å²) in [6.07, 6.45) is 3.03. The van der Waals surface area contributed by atoms with Crippen molar-refractivity contribution in [1.29, 1.82) is 0 Å². The number of pyridine rings is 1. The number of carbonyl (C=O) groups is 1. The van der Waals surface area contributed by atoms with E-state index in [1.807, 2.05) is 12.1 Å². The third kappa shape index (κ3) is 6.21. The van der Waals surface area contributed by atoms with Crippen molar-refractivity contribution in [3.63, 3.8) is 0 Å². The van der Waals surface area contributed by atoms with E-state index < -0.39 is 16.1 Å². The minimum atomic E-state index is -3.34. The van der Waals surface area contributed by atoms with Gasteiger partial charge in [0.2, 0.25) is 15.9 Å². The largest absolute Gasteiger partial charge is 0.496 e. The first-order valence-electron chi connectivity index (χ1n) is 10.8. The lowest BCUT2D eigenvalue weighted by molar-refractivity contribution is -0.122. The maximum Gasteiger partial charge on any atom is 0.255 e. The molecule has 0 spiro atoms. The first kappa shape index (κ1) is 24.9. The highest BCUT2D eigenvalue weighted by Crippen LogP contribution is 2.36. The van der Waals surface area contributed by atoms with Gasteiger partial charge in [-0.1, -0.05) is 20.8 Å². The van der Waals surface area contributed by atoms with Crippen molar-refractivity contribution in [3.8, 4) is 16.9 Å². The molecule has 0 bridgehead atoms. The molecule has 2 atom stereocenters. The van der Waals surface area contributed by atoms with Crippen LogP contribution in [0.1, 0.15) is 38.3 Å². The van der Waals surface area contributed by atoms with E-state index in [1.54, 1.807) is 25.4 Å². The van der Waals surface area contributed by atoms with Gasteiger partial charge < -0.3 is 20.4 Å². The smallest absolute Gasteiger partial charge is 0.255 e. The maximum atomic E-state index is 12.8. The average Bonchev–Trinajstić information content (AvgIpc) is 3.18. The molecule has 1 aromatic carbocycles. The molecule has 1 unspecified atom stereocenters. The Kier molecular flexibility index (Phi) is 7.30. The van der Waals surface area contributed by atoms with Crippen molar-refractivity contribution in [2.45, 2.75) is 51.2 Å². The van der Waals surface area contributed by atoms with Crippen molar-refractivity contribution in [1.82, 2.24) is 20.3 Å². The van der Waals surface area contributed by atoms with Crippen LogP contribution in [0.3, 0.4) is 0 Å². The Bertz CT molecular complexity index is 1180. The second-order valence-electron chi connectivity index (χ2n) is 9.37. The van der Waals surface area contributed by atoms with E-state index in [1.165, 1.54) is 0 Å². The number of amides is 1. The van der Waals surface area contributed by atoms with Crippen LogP contribution in [0, 0.1) is 0 Å². The zero-order valence-corrected chi connectivity index (χ0v) is 20.4. The molecule has 3 rings (SSSR count). The van der Waals surface area contributed by atoms with Crippen LogP contribution in [0.25, 0.3) is 11.1 Å². The molecule has 0 radical (unpaired) electrons. The fourth-order valence-corrected chi connectivity index (χ4v) is 4.83. The van der Waals surface area contributed by atoms with Crippen molar-refractivity contribution in [2.75, 3.05) is 19.9 Å². The number of aromatic amines is 1. The predicted octanol–water partition coefficient (Wildman–Crippen LogP) is 1.24. The molecule has 9 nitrogen and oxygen atoms in total. The summed E-state index contributed by atoms with van der Waals surface area (Å²) in [5.74, 6) is 0.443. The Morgan fingerprint density at radius 3 is 2.58 bits per heavy atom. The zero-order valence-electron chi connectivity index (χ0n) is 19.6. The molecule has 1 aliphatic heterocycles. The van der Waals surface area contributed by atoms with Gasteiger partial charge >= 0.3 is 0 Å². The number of aromatic nitrogens is 1. The number of rotatable bonds is 7. The highest BCUT2D eigenvalue weighted by molar-refractivity contribution is 7.88. The molecule has 0 saturated carbocycles. The number of ether oxygens (including phenoxy) is 1. The van der Waals surface area contributed by atoms with Gasteiger partial charge in [0.15, 0.2) is 0 Å². The standard InChI is InChI=1S/C23H32N4O5S/c1-23(2,3)18-11-17(16-7-6-8-24-21(16)28)14(9-20(18)32-4)12-26-22(29)19-10-15(13-25-19)27-33(5,30)31/h6-9,11,15,19,25,27H,10,12-13H2,1-5H3,(H,24,28)(H,26,29)/t15-,19?/m0/s1. The highest BCUT2D eigenvalue weighted by atomic mass is 32.2. The number of carbonyl (C=O) groups excluding carboxylic acids is 1. The molecule has 2 heterocycles. The quantitative estimate of drug-likeness (QED) is 0.476. The normalized spacial score (nSPS) is 18.8. The second-order valence-corrected chi connectivity index (χ2v) is 11.2. The topological polar surface area (TPSA) is 129 Å². The summed E-state index contributed by atoms with van der Waals surface area (Å²) in [5, 5.41) is 5.97. The fourth-order valence-electron chi connectivity index (χ4n) is 4.04. The Balaban J connectivity index is 1.87. The zero-order chi connectivity index (χ0) is 24.4. The van der Waals surface area contributed by atoms with Crippen LogP contribution in [-0.2, 0) is 26.8 Å². The van der Waals surface area contributed by atoms with Crippen LogP contribution in [0.4, 0.5) is 0 Å². The van der Waals surface area contributed by atoms with Gasteiger partial charge in [-0.15, -0.1) is 0 Å². The molecule has 2 aromatic rings. The van der Waals surface area contributed by atoms with Gasteiger partial charge in [0, 0.05) is 36.5 Å². The Morgan fingerprint density at radius 2 is 1.97 bits per heavy atom. The number of hydrogen-bond acceptors (Lipinski definition) is 6. The summed E-state index contributed by atoms with van der Waals surface area (Å²) in [4.78, 5) is 28.0. The molecule has 180 valence electrons. The number of sulfonamides is 1. The van der Waals surface area contributed by atoms with Crippen LogP contribution in [0.5, 0.6) is 5.75 Å². The summed E-state index contributed by atoms with van der Waals surface area (Å²) in [6, 6.07) is 6.48. The van der Waals surface area contributed by atoms with E-state index in [-0.39, 0.29) is 29.5 Å². The molecule has 1 fully saturated rings. The predicted molar refractivity (Wildman–Crippen MR) is 128 cm³/mol. The van der Waals surface area contributed by atoms with Crippen LogP contribution in [-0.4, -0.2) is 51.3 Å². The minimum absolute atomic E-state index is 0.186.